The van der Waals surface area contributed by atoms with E-state index in [9.17, 15) is 4.79 Å². The topological polar surface area (TPSA) is 86.3 Å². The predicted molar refractivity (Wildman–Crippen MR) is 122 cm³/mol. The fraction of sp³-hybridized carbons (Fsp3) is 0.280. The minimum Gasteiger partial charge on any atom is -0.455 e. The smallest absolute Gasteiger partial charge is 0.254 e. The van der Waals surface area contributed by atoms with Crippen LogP contribution in [0.25, 0.3) is 11.3 Å². The third kappa shape index (κ3) is 5.90. The Morgan fingerprint density at radius 1 is 0.968 bits per heavy atom. The minimum absolute atomic E-state index is 0.152. The quantitative estimate of drug-likeness (QED) is 0.507. The van der Waals surface area contributed by atoms with Crippen molar-refractivity contribution in [1.82, 2.24) is 4.90 Å². The second kappa shape index (κ2) is 10.7. The molecule has 0 atom stereocenters. The summed E-state index contributed by atoms with van der Waals surface area (Å²) >= 11 is 0. The van der Waals surface area contributed by atoms with Gasteiger partial charge in [0.1, 0.15) is 11.5 Å². The number of rotatable bonds is 9. The molecule has 1 amide bonds. The van der Waals surface area contributed by atoms with Gasteiger partial charge in [0.25, 0.3) is 5.91 Å². The predicted octanol–water partition coefficient (Wildman–Crippen LogP) is 4.25. The van der Waals surface area contributed by atoms with Gasteiger partial charge in [0.2, 0.25) is 0 Å². The first kappa shape index (κ1) is 22.5. The van der Waals surface area contributed by atoms with Gasteiger partial charge < -0.3 is 19.5 Å². The molecule has 0 fully saturated rings. The number of nitrogens with zero attached hydrogens (tertiary/aromatic N) is 2. The maximum absolute atomic E-state index is 12.5. The monoisotopic (exact) mass is 420 g/mol. The molecule has 2 aromatic carbocycles. The van der Waals surface area contributed by atoms with Crippen molar-refractivity contribution in [2.45, 2.75) is 19.8 Å². The molecule has 0 aliphatic heterocycles. The van der Waals surface area contributed by atoms with E-state index in [1.807, 2.05) is 12.1 Å². The molecule has 0 saturated carbocycles. The number of aliphatic hydroxyl groups is 2. The summed E-state index contributed by atoms with van der Waals surface area (Å²) in [6.45, 7) is 4.39. The highest BCUT2D eigenvalue weighted by Crippen LogP contribution is 2.24. The zero-order chi connectivity index (χ0) is 22.2. The molecule has 0 bridgehead atoms. The first-order chi connectivity index (χ1) is 15.0. The normalized spacial score (nSPS) is 11.4. The van der Waals surface area contributed by atoms with Gasteiger partial charge in [-0.15, -0.1) is 0 Å². The molecule has 0 unspecified atom stereocenters. The molecule has 0 aliphatic rings. The number of hydrogen-bond donors (Lipinski definition) is 2. The Balaban J connectivity index is 1.66. The second-order valence-electron chi connectivity index (χ2n) is 7.52. The van der Waals surface area contributed by atoms with Crippen LogP contribution < -0.4 is 0 Å². The molecular formula is C25H28N2O4. The van der Waals surface area contributed by atoms with Gasteiger partial charge in [-0.25, -0.2) is 0 Å². The molecular weight excluding hydrogens is 392 g/mol. The lowest BCUT2D eigenvalue weighted by atomic mass is 10.0. The van der Waals surface area contributed by atoms with Crippen molar-refractivity contribution in [3.05, 3.63) is 77.6 Å². The van der Waals surface area contributed by atoms with Crippen molar-refractivity contribution >= 4 is 17.8 Å². The van der Waals surface area contributed by atoms with E-state index < -0.39 is 0 Å². The lowest BCUT2D eigenvalue weighted by Gasteiger charge is -2.20. The maximum atomic E-state index is 12.5. The summed E-state index contributed by atoms with van der Waals surface area (Å²) in [6, 6.07) is 19.0. The molecule has 3 aromatic rings. The van der Waals surface area contributed by atoms with E-state index in [-0.39, 0.29) is 32.2 Å². The van der Waals surface area contributed by atoms with Crippen LogP contribution in [-0.4, -0.2) is 53.5 Å². The van der Waals surface area contributed by atoms with Crippen LogP contribution in [0.3, 0.4) is 0 Å². The van der Waals surface area contributed by atoms with E-state index in [1.165, 1.54) is 10.5 Å². The van der Waals surface area contributed by atoms with Crippen molar-refractivity contribution in [2.75, 3.05) is 26.3 Å². The molecule has 0 radical (unpaired) electrons. The van der Waals surface area contributed by atoms with Gasteiger partial charge in [-0.1, -0.05) is 38.1 Å². The summed E-state index contributed by atoms with van der Waals surface area (Å²) in [4.78, 5) is 18.3. The zero-order valence-corrected chi connectivity index (χ0v) is 17.9. The van der Waals surface area contributed by atoms with E-state index in [0.29, 0.717) is 22.9 Å². The molecule has 6 heteroatoms. The molecule has 1 aromatic heterocycles. The van der Waals surface area contributed by atoms with Crippen molar-refractivity contribution in [3.63, 3.8) is 0 Å². The van der Waals surface area contributed by atoms with Gasteiger partial charge in [0.15, 0.2) is 0 Å². The lowest BCUT2D eigenvalue weighted by Crippen LogP contribution is -2.35. The first-order valence-corrected chi connectivity index (χ1v) is 10.4. The highest BCUT2D eigenvalue weighted by atomic mass is 16.3. The first-order valence-electron chi connectivity index (χ1n) is 10.4. The molecule has 162 valence electrons. The standard InChI is InChI=1S/C25H28N2O4/c1-18(2)19-3-5-20(6-4-19)24-12-11-23(31-24)17-26-22-9-7-21(8-10-22)25(30)27(13-15-28)14-16-29/h3-12,17-18,28-29H,13-16H2,1-2H3. The number of amides is 1. The Hall–Kier alpha value is -3.22. The number of hydrogen-bond acceptors (Lipinski definition) is 5. The summed E-state index contributed by atoms with van der Waals surface area (Å²) in [5.74, 6) is 1.67. The van der Waals surface area contributed by atoms with Crippen molar-refractivity contribution in [3.8, 4) is 11.3 Å². The van der Waals surface area contributed by atoms with E-state index in [4.69, 9.17) is 14.6 Å². The number of carbonyl (C=O) groups excluding carboxylic acids is 1. The number of benzene rings is 2. The highest BCUT2D eigenvalue weighted by Gasteiger charge is 2.14. The summed E-state index contributed by atoms with van der Waals surface area (Å²) in [6.07, 6.45) is 1.65. The van der Waals surface area contributed by atoms with Crippen molar-refractivity contribution in [2.24, 2.45) is 4.99 Å². The van der Waals surface area contributed by atoms with Crippen LogP contribution >= 0.6 is 0 Å². The van der Waals surface area contributed by atoms with Crippen LogP contribution in [0.5, 0.6) is 0 Å². The summed E-state index contributed by atoms with van der Waals surface area (Å²) in [5.41, 5.74) is 3.47. The van der Waals surface area contributed by atoms with Crippen LogP contribution in [0.4, 0.5) is 5.69 Å². The molecule has 0 spiro atoms. The molecule has 1 heterocycles. The zero-order valence-electron chi connectivity index (χ0n) is 17.9. The van der Waals surface area contributed by atoms with Crippen LogP contribution in [0, 0.1) is 0 Å². The Labute approximate surface area is 182 Å². The highest BCUT2D eigenvalue weighted by molar-refractivity contribution is 5.94. The van der Waals surface area contributed by atoms with Crippen LogP contribution in [0.2, 0.25) is 0 Å². The van der Waals surface area contributed by atoms with Crippen LogP contribution in [-0.2, 0) is 0 Å². The Morgan fingerprint density at radius 3 is 2.19 bits per heavy atom. The van der Waals surface area contributed by atoms with Gasteiger partial charge >= 0.3 is 0 Å². The van der Waals surface area contributed by atoms with Crippen molar-refractivity contribution < 1.29 is 19.4 Å². The van der Waals surface area contributed by atoms with Crippen molar-refractivity contribution in [1.29, 1.82) is 0 Å². The number of aliphatic hydroxyl groups excluding tert-OH is 2. The molecule has 0 aliphatic carbocycles. The number of furan rings is 1. The van der Waals surface area contributed by atoms with Crippen LogP contribution in [0.1, 0.15) is 41.4 Å². The average Bonchev–Trinajstić information content (AvgIpc) is 3.26. The van der Waals surface area contributed by atoms with Crippen LogP contribution in [0.15, 0.2) is 70.1 Å². The molecule has 2 N–H and O–H groups in total. The van der Waals surface area contributed by atoms with E-state index >= 15 is 0 Å². The Kier molecular flexibility index (Phi) is 7.76. The van der Waals surface area contributed by atoms with Gasteiger partial charge in [0, 0.05) is 24.2 Å². The lowest BCUT2D eigenvalue weighted by molar-refractivity contribution is 0.0685. The second-order valence-corrected chi connectivity index (χ2v) is 7.52. The fourth-order valence-corrected chi connectivity index (χ4v) is 3.18. The van der Waals surface area contributed by atoms with Gasteiger partial charge in [0.05, 0.1) is 25.1 Å². The molecule has 0 saturated heterocycles. The van der Waals surface area contributed by atoms with Gasteiger partial charge in [-0.05, 0) is 47.9 Å². The minimum atomic E-state index is -0.238. The number of carbonyl (C=O) groups is 1. The maximum Gasteiger partial charge on any atom is 0.254 e. The summed E-state index contributed by atoms with van der Waals surface area (Å²) < 4.78 is 5.88. The Bertz CT molecular complexity index is 999. The van der Waals surface area contributed by atoms with Gasteiger partial charge in [-0.2, -0.15) is 0 Å². The average molecular weight is 421 g/mol. The largest absolute Gasteiger partial charge is 0.455 e. The molecule has 6 nitrogen and oxygen atoms in total. The Morgan fingerprint density at radius 2 is 1.61 bits per heavy atom. The SMILES string of the molecule is CC(C)c1ccc(-c2ccc(C=Nc3ccc(C(=O)N(CCO)CCO)cc3)o2)cc1. The molecule has 31 heavy (non-hydrogen) atoms. The van der Waals surface area contributed by atoms with Gasteiger partial charge in [-0.3, -0.25) is 9.79 Å². The van der Waals surface area contributed by atoms with E-state index in [1.54, 1.807) is 30.5 Å². The summed E-state index contributed by atoms with van der Waals surface area (Å²) in [7, 11) is 0. The summed E-state index contributed by atoms with van der Waals surface area (Å²) in [5, 5.41) is 18.2. The van der Waals surface area contributed by atoms with E-state index in [0.717, 1.165) is 11.3 Å². The fourth-order valence-electron chi connectivity index (χ4n) is 3.18. The number of aliphatic imine (C=N–C) groups is 1. The molecule has 3 rings (SSSR count). The van der Waals surface area contributed by atoms with E-state index in [2.05, 4.69) is 43.1 Å². The third-order valence-electron chi connectivity index (χ3n) is 4.97. The third-order valence-corrected chi connectivity index (χ3v) is 4.97.